The Kier molecular flexibility index (Phi) is 7.63. The smallest absolute Gasteiger partial charge is 0.172 e. The van der Waals surface area contributed by atoms with E-state index in [4.69, 9.17) is 28.4 Å². The van der Waals surface area contributed by atoms with Gasteiger partial charge in [-0.05, 0) is 50.4 Å². The summed E-state index contributed by atoms with van der Waals surface area (Å²) in [6, 6.07) is 0. The number of rotatable bonds is 7. The maximum atomic E-state index is 13.1. The quantitative estimate of drug-likeness (QED) is 0.399. The van der Waals surface area contributed by atoms with Crippen molar-refractivity contribution < 1.29 is 48.2 Å². The summed E-state index contributed by atoms with van der Waals surface area (Å²) in [5.74, 6) is 0.955. The lowest BCUT2D eigenvalue weighted by Crippen LogP contribution is -2.27. The number of ether oxygens (including phenoxy) is 6. The van der Waals surface area contributed by atoms with E-state index in [9.17, 15) is 19.8 Å². The highest BCUT2D eigenvalue weighted by Gasteiger charge is 2.44. The molecule has 0 aliphatic heterocycles. The summed E-state index contributed by atoms with van der Waals surface area (Å²) < 4.78 is 36.1. The normalized spacial score (nSPS) is 20.8. The average Bonchev–Trinajstić information content (AvgIpc) is 3.02. The van der Waals surface area contributed by atoms with Gasteiger partial charge in [-0.15, -0.1) is 0 Å². The van der Waals surface area contributed by atoms with Crippen molar-refractivity contribution in [2.45, 2.75) is 51.4 Å². The molecule has 6 rings (SSSR count). The van der Waals surface area contributed by atoms with Crippen molar-refractivity contribution in [2.75, 3.05) is 42.7 Å². The Labute approximate surface area is 256 Å². The van der Waals surface area contributed by atoms with Crippen LogP contribution in [0.3, 0.4) is 0 Å². The van der Waals surface area contributed by atoms with E-state index in [1.807, 2.05) is 0 Å². The number of hydrogen-bond acceptors (Lipinski definition) is 10. The lowest BCUT2D eigenvalue weighted by Gasteiger charge is -2.35. The standard InChI is InChI=1S/C34H38O10/c1-39-29-17-13-15-9-7-11-19(35)21(15)27(37)23(17)31(41-3)25(33(29)43-5)26-32(42-4)24-18(30(40-2)34(26)44-6)14-16-10-8-12-20(36)22(16)28(24)38/h15-16,37-38H,7-14H2,1-6H3. The molecule has 44 heavy (non-hydrogen) atoms. The van der Waals surface area contributed by atoms with Gasteiger partial charge >= 0.3 is 0 Å². The molecule has 2 N–H and O–H groups in total. The molecule has 2 saturated carbocycles. The molecule has 2 aromatic rings. The predicted octanol–water partition coefficient (Wildman–Crippen LogP) is 5.79. The number of ketones is 2. The number of aliphatic hydroxyl groups excluding tert-OH is 2. The molecule has 0 bridgehead atoms. The van der Waals surface area contributed by atoms with E-state index in [0.29, 0.717) is 81.7 Å². The molecule has 0 amide bonds. The molecule has 0 heterocycles. The van der Waals surface area contributed by atoms with E-state index >= 15 is 0 Å². The minimum absolute atomic E-state index is 0.0864. The first-order chi connectivity index (χ1) is 21.3. The first-order valence-corrected chi connectivity index (χ1v) is 14.9. The molecule has 234 valence electrons. The topological polar surface area (TPSA) is 130 Å². The van der Waals surface area contributed by atoms with Gasteiger partial charge in [0, 0.05) is 35.1 Å². The van der Waals surface area contributed by atoms with E-state index in [1.165, 1.54) is 42.7 Å². The van der Waals surface area contributed by atoms with Gasteiger partial charge in [-0.25, -0.2) is 0 Å². The fourth-order valence-electron chi connectivity index (χ4n) is 7.89. The van der Waals surface area contributed by atoms with Crippen molar-refractivity contribution in [1.29, 1.82) is 0 Å². The largest absolute Gasteiger partial charge is 0.507 e. The number of benzene rings is 2. The summed E-state index contributed by atoms with van der Waals surface area (Å²) in [4.78, 5) is 26.1. The molecule has 0 aromatic heterocycles. The Morgan fingerprint density at radius 1 is 0.500 bits per heavy atom. The molecule has 0 saturated heterocycles. The van der Waals surface area contributed by atoms with Crippen LogP contribution in [0.25, 0.3) is 22.6 Å². The van der Waals surface area contributed by atoms with Crippen LogP contribution in [0.1, 0.15) is 60.8 Å². The number of fused-ring (bicyclic) bond motifs is 4. The van der Waals surface area contributed by atoms with Gasteiger partial charge in [0.25, 0.3) is 0 Å². The van der Waals surface area contributed by atoms with Crippen molar-refractivity contribution in [1.82, 2.24) is 0 Å². The molecule has 2 unspecified atom stereocenters. The van der Waals surface area contributed by atoms with Crippen molar-refractivity contribution in [2.24, 2.45) is 11.8 Å². The first-order valence-electron chi connectivity index (χ1n) is 14.9. The number of aliphatic hydroxyl groups is 2. The fourth-order valence-corrected chi connectivity index (χ4v) is 7.89. The van der Waals surface area contributed by atoms with Crippen LogP contribution in [0, 0.1) is 11.8 Å². The van der Waals surface area contributed by atoms with E-state index in [-0.39, 0.29) is 57.9 Å². The number of methoxy groups -OCH3 is 6. The second-order valence-electron chi connectivity index (χ2n) is 11.6. The van der Waals surface area contributed by atoms with Crippen LogP contribution in [0.2, 0.25) is 0 Å². The number of carbonyl (C=O) groups is 2. The maximum Gasteiger partial charge on any atom is 0.172 e. The van der Waals surface area contributed by atoms with Gasteiger partial charge in [0.1, 0.15) is 23.0 Å². The van der Waals surface area contributed by atoms with Crippen LogP contribution in [0.4, 0.5) is 0 Å². The van der Waals surface area contributed by atoms with E-state index in [2.05, 4.69) is 0 Å². The SMILES string of the molecule is COc1c2c(c(OC)c(-c3c(OC)c(OC)c4c(c3OC)C(O)=C3C(=O)CCCC3C4)c1OC)C(O)=C1C(=O)CCCC1C2. The van der Waals surface area contributed by atoms with E-state index < -0.39 is 0 Å². The minimum Gasteiger partial charge on any atom is -0.507 e. The van der Waals surface area contributed by atoms with Crippen LogP contribution in [-0.4, -0.2) is 64.4 Å². The van der Waals surface area contributed by atoms with Crippen LogP contribution in [-0.2, 0) is 22.4 Å². The third kappa shape index (κ3) is 4.06. The van der Waals surface area contributed by atoms with Gasteiger partial charge in [-0.1, -0.05) is 0 Å². The van der Waals surface area contributed by atoms with Gasteiger partial charge < -0.3 is 38.6 Å². The molecule has 2 fully saturated rings. The Morgan fingerprint density at radius 2 is 0.841 bits per heavy atom. The highest BCUT2D eigenvalue weighted by atomic mass is 16.5. The highest BCUT2D eigenvalue weighted by molar-refractivity contribution is 6.07. The van der Waals surface area contributed by atoms with Crippen LogP contribution in [0.5, 0.6) is 34.5 Å². The predicted molar refractivity (Wildman–Crippen MR) is 162 cm³/mol. The molecule has 4 aliphatic carbocycles. The zero-order chi connectivity index (χ0) is 31.4. The molecule has 4 aliphatic rings. The molecule has 10 nitrogen and oxygen atoms in total. The fraction of sp³-hybridized carbons (Fsp3) is 0.471. The molecule has 10 heteroatoms. The monoisotopic (exact) mass is 606 g/mol. The summed E-state index contributed by atoms with van der Waals surface area (Å²) in [6.45, 7) is 0. The Morgan fingerprint density at radius 3 is 1.16 bits per heavy atom. The van der Waals surface area contributed by atoms with Gasteiger partial charge in [-0.3, -0.25) is 9.59 Å². The molecule has 2 atom stereocenters. The third-order valence-corrected chi connectivity index (χ3v) is 9.62. The molecule has 0 spiro atoms. The van der Waals surface area contributed by atoms with E-state index in [1.54, 1.807) is 0 Å². The van der Waals surface area contributed by atoms with Crippen LogP contribution >= 0.6 is 0 Å². The second kappa shape index (κ2) is 11.3. The number of carbonyl (C=O) groups excluding carboxylic acids is 2. The Bertz CT molecular complexity index is 1520. The van der Waals surface area contributed by atoms with Crippen molar-refractivity contribution in [3.63, 3.8) is 0 Å². The molecule has 0 radical (unpaired) electrons. The van der Waals surface area contributed by atoms with Crippen molar-refractivity contribution in [3.8, 4) is 45.6 Å². The first kappa shape index (κ1) is 29.7. The summed E-state index contributed by atoms with van der Waals surface area (Å²) in [7, 11) is 8.97. The summed E-state index contributed by atoms with van der Waals surface area (Å²) in [5, 5.41) is 23.5. The Balaban J connectivity index is 1.78. The van der Waals surface area contributed by atoms with Gasteiger partial charge in [0.05, 0.1) is 64.9 Å². The number of allylic oxidation sites excluding steroid dienone is 2. The second-order valence-corrected chi connectivity index (χ2v) is 11.6. The molecular formula is C34H38O10. The molecular weight excluding hydrogens is 568 g/mol. The van der Waals surface area contributed by atoms with Crippen molar-refractivity contribution >= 4 is 23.1 Å². The summed E-state index contributed by atoms with van der Waals surface area (Å²) >= 11 is 0. The van der Waals surface area contributed by atoms with Crippen LogP contribution < -0.4 is 28.4 Å². The lowest BCUT2D eigenvalue weighted by molar-refractivity contribution is -0.118. The van der Waals surface area contributed by atoms with Crippen LogP contribution in [0.15, 0.2) is 11.1 Å². The zero-order valence-electron chi connectivity index (χ0n) is 26.0. The zero-order valence-corrected chi connectivity index (χ0v) is 26.0. The summed E-state index contributed by atoms with van der Waals surface area (Å²) in [6.07, 6.45) is 4.65. The maximum absolute atomic E-state index is 13.1. The average molecular weight is 607 g/mol. The lowest BCUT2D eigenvalue weighted by atomic mass is 9.72. The van der Waals surface area contributed by atoms with Gasteiger partial charge in [0.2, 0.25) is 0 Å². The van der Waals surface area contributed by atoms with Crippen molar-refractivity contribution in [3.05, 3.63) is 33.4 Å². The number of Topliss-reactive ketones (excluding diaryl/α,β-unsaturated/α-hetero) is 2. The number of hydrogen-bond donors (Lipinski definition) is 2. The van der Waals surface area contributed by atoms with E-state index in [0.717, 1.165) is 25.7 Å². The Hall–Kier alpha value is -4.34. The molecule has 2 aromatic carbocycles. The third-order valence-electron chi connectivity index (χ3n) is 9.62. The highest BCUT2D eigenvalue weighted by Crippen LogP contribution is 2.62. The van der Waals surface area contributed by atoms with Gasteiger partial charge in [-0.2, -0.15) is 0 Å². The minimum atomic E-state index is -0.157. The van der Waals surface area contributed by atoms with Gasteiger partial charge in [0.15, 0.2) is 34.6 Å². The summed E-state index contributed by atoms with van der Waals surface area (Å²) in [5.41, 5.74) is 3.38.